The van der Waals surface area contributed by atoms with Crippen LogP contribution >= 0.6 is 11.3 Å². The van der Waals surface area contributed by atoms with Gasteiger partial charge < -0.3 is 4.55 Å². The number of benzene rings is 1. The van der Waals surface area contributed by atoms with Crippen molar-refractivity contribution in [1.82, 2.24) is 0 Å². The van der Waals surface area contributed by atoms with Crippen molar-refractivity contribution < 1.29 is 42.7 Å². The van der Waals surface area contributed by atoms with Crippen molar-refractivity contribution in [1.29, 1.82) is 0 Å². The van der Waals surface area contributed by atoms with Crippen LogP contribution < -0.4 is 29.6 Å². The van der Waals surface area contributed by atoms with Crippen molar-refractivity contribution in [2.45, 2.75) is 11.1 Å². The molecule has 0 aliphatic heterocycles. The molecule has 2 aromatic rings. The number of fused-ring (bicyclic) bond motifs is 1. The Kier molecular flexibility index (Phi) is 4.46. The maximum absolute atomic E-state index is 12.8. The molecule has 0 aliphatic carbocycles. The van der Waals surface area contributed by atoms with Gasteiger partial charge in [-0.05, 0) is 41.1 Å². The molecule has 74 valence electrons. The molecule has 1 aromatic heterocycles. The summed E-state index contributed by atoms with van der Waals surface area (Å²) < 4.78 is 35.4. The summed E-state index contributed by atoms with van der Waals surface area (Å²) in [5.41, 5.74) is 0.693. The van der Waals surface area contributed by atoms with Crippen molar-refractivity contribution >= 4 is 32.5 Å². The van der Waals surface area contributed by atoms with Gasteiger partial charge in [0.05, 0.1) is 4.21 Å². The molecular weight excluding hydrogens is 246 g/mol. The molecule has 1 aromatic carbocycles. The summed E-state index contributed by atoms with van der Waals surface area (Å²) in [5, 5.41) is 0.801. The van der Waals surface area contributed by atoms with Crippen LogP contribution in [0.5, 0.6) is 0 Å². The Morgan fingerprint density at radius 1 is 1.47 bits per heavy atom. The summed E-state index contributed by atoms with van der Waals surface area (Å²) in [6, 6.07) is 4.29. The fourth-order valence-electron chi connectivity index (χ4n) is 1.34. The third-order valence-electron chi connectivity index (χ3n) is 2.01. The Hall–Kier alpha value is 0.220. The number of hydrogen-bond acceptors (Lipinski definition) is 3. The van der Waals surface area contributed by atoms with Crippen LogP contribution in [0.4, 0.5) is 4.39 Å². The third kappa shape index (κ3) is 2.49. The zero-order chi connectivity index (χ0) is 10.3. The van der Waals surface area contributed by atoms with Crippen LogP contribution in [0.3, 0.4) is 0 Å². The molecule has 0 radical (unpaired) electrons. The van der Waals surface area contributed by atoms with E-state index in [2.05, 4.69) is 0 Å². The Morgan fingerprint density at radius 3 is 2.73 bits per heavy atom. The van der Waals surface area contributed by atoms with Gasteiger partial charge in [-0.2, -0.15) is 0 Å². The summed E-state index contributed by atoms with van der Waals surface area (Å²) >= 11 is -1.14. The standard InChI is InChI=1S/C9H7FO2S2.Na/c1-5-7-3-2-6(10)4-8(7)13-9(5)14(11)12;/h2-4H,1H3,(H,11,12);/q;+1/p-1. The molecule has 15 heavy (non-hydrogen) atoms. The van der Waals surface area contributed by atoms with Crippen molar-refractivity contribution in [3.8, 4) is 0 Å². The summed E-state index contributed by atoms with van der Waals surface area (Å²) in [5.74, 6) is -0.345. The fourth-order valence-corrected chi connectivity index (χ4v) is 3.20. The van der Waals surface area contributed by atoms with E-state index < -0.39 is 11.1 Å². The Bertz CT molecular complexity index is 524. The molecule has 0 saturated carbocycles. The molecule has 1 atom stereocenters. The van der Waals surface area contributed by atoms with Crippen molar-refractivity contribution in [3.63, 3.8) is 0 Å². The molecule has 0 aliphatic rings. The zero-order valence-electron chi connectivity index (χ0n) is 8.24. The van der Waals surface area contributed by atoms with E-state index in [9.17, 15) is 13.2 Å². The summed E-state index contributed by atoms with van der Waals surface area (Å²) in [6.07, 6.45) is 0. The molecule has 0 bridgehead atoms. The van der Waals surface area contributed by atoms with Crippen LogP contribution in [0.15, 0.2) is 22.4 Å². The second-order valence-corrected chi connectivity index (χ2v) is 5.08. The smallest absolute Gasteiger partial charge is 0.768 e. The average Bonchev–Trinajstić information content (AvgIpc) is 2.43. The van der Waals surface area contributed by atoms with E-state index in [1.807, 2.05) is 0 Å². The average molecular weight is 252 g/mol. The number of rotatable bonds is 1. The molecule has 0 fully saturated rings. The topological polar surface area (TPSA) is 40.1 Å². The Labute approximate surface area is 115 Å². The predicted octanol–water partition coefficient (Wildman–Crippen LogP) is -0.409. The van der Waals surface area contributed by atoms with Crippen molar-refractivity contribution in [2.75, 3.05) is 0 Å². The third-order valence-corrected chi connectivity index (χ3v) is 4.32. The van der Waals surface area contributed by atoms with Gasteiger partial charge in [-0.3, -0.25) is 4.21 Å². The molecule has 1 unspecified atom stereocenters. The van der Waals surface area contributed by atoms with Crippen LogP contribution in [0.1, 0.15) is 5.56 Å². The van der Waals surface area contributed by atoms with Gasteiger partial charge in [-0.15, -0.1) is 11.3 Å². The van der Waals surface area contributed by atoms with E-state index in [0.717, 1.165) is 16.7 Å². The molecular formula is C9H6FNaO2S2. The number of hydrogen-bond donors (Lipinski definition) is 0. The van der Waals surface area contributed by atoms with Crippen LogP contribution in [-0.2, 0) is 11.1 Å². The largest absolute Gasteiger partial charge is 1.00 e. The fraction of sp³-hybridized carbons (Fsp3) is 0.111. The molecule has 2 rings (SSSR count). The van der Waals surface area contributed by atoms with Gasteiger partial charge >= 0.3 is 29.6 Å². The van der Waals surface area contributed by atoms with E-state index >= 15 is 0 Å². The van der Waals surface area contributed by atoms with Gasteiger partial charge in [-0.25, -0.2) is 4.39 Å². The van der Waals surface area contributed by atoms with Crippen LogP contribution in [0.2, 0.25) is 0 Å². The van der Waals surface area contributed by atoms with E-state index in [4.69, 9.17) is 0 Å². The number of thiophene rings is 1. The van der Waals surface area contributed by atoms with E-state index in [1.165, 1.54) is 12.1 Å². The van der Waals surface area contributed by atoms with Crippen molar-refractivity contribution in [3.05, 3.63) is 29.6 Å². The maximum Gasteiger partial charge on any atom is 1.00 e. The van der Waals surface area contributed by atoms with Crippen LogP contribution in [-0.4, -0.2) is 8.76 Å². The van der Waals surface area contributed by atoms with Gasteiger partial charge in [0.25, 0.3) is 0 Å². The van der Waals surface area contributed by atoms with Gasteiger partial charge in [0.2, 0.25) is 0 Å². The summed E-state index contributed by atoms with van der Waals surface area (Å²) in [4.78, 5) is 0. The first kappa shape index (κ1) is 13.3. The second kappa shape index (κ2) is 5.03. The minimum absolute atomic E-state index is 0. The first-order chi connectivity index (χ1) is 6.59. The van der Waals surface area contributed by atoms with E-state index in [0.29, 0.717) is 10.3 Å². The van der Waals surface area contributed by atoms with Gasteiger partial charge in [0.1, 0.15) is 5.82 Å². The normalized spacial score (nSPS) is 12.5. The van der Waals surface area contributed by atoms with E-state index in [-0.39, 0.29) is 39.6 Å². The molecule has 1 heterocycles. The second-order valence-electron chi connectivity index (χ2n) is 2.89. The molecule has 0 N–H and O–H groups in total. The van der Waals surface area contributed by atoms with Gasteiger partial charge in [0.15, 0.2) is 0 Å². The zero-order valence-corrected chi connectivity index (χ0v) is 11.9. The first-order valence-corrected chi connectivity index (χ1v) is 5.76. The molecule has 2 nitrogen and oxygen atoms in total. The summed E-state index contributed by atoms with van der Waals surface area (Å²) in [7, 11) is 0. The van der Waals surface area contributed by atoms with Gasteiger partial charge in [0, 0.05) is 4.70 Å². The van der Waals surface area contributed by atoms with Crippen molar-refractivity contribution in [2.24, 2.45) is 0 Å². The predicted molar refractivity (Wildman–Crippen MR) is 53.7 cm³/mol. The minimum atomic E-state index is -2.23. The Morgan fingerprint density at radius 2 is 2.13 bits per heavy atom. The molecule has 0 amide bonds. The monoisotopic (exact) mass is 252 g/mol. The SMILES string of the molecule is Cc1c(S(=O)[O-])sc2cc(F)ccc12.[Na+]. The van der Waals surface area contributed by atoms with Crippen LogP contribution in [0, 0.1) is 12.7 Å². The maximum atomic E-state index is 12.8. The minimum Gasteiger partial charge on any atom is -0.768 e. The number of aryl methyl sites for hydroxylation is 1. The molecule has 0 saturated heterocycles. The van der Waals surface area contributed by atoms with E-state index in [1.54, 1.807) is 13.0 Å². The molecule has 6 heteroatoms. The quantitative estimate of drug-likeness (QED) is 0.511. The number of halogens is 1. The van der Waals surface area contributed by atoms with Crippen LogP contribution in [0.25, 0.3) is 10.1 Å². The molecule has 0 spiro atoms. The Balaban J connectivity index is 0.00000112. The summed E-state index contributed by atoms with van der Waals surface area (Å²) in [6.45, 7) is 1.72. The van der Waals surface area contributed by atoms with Gasteiger partial charge in [-0.1, -0.05) is 6.07 Å². The first-order valence-electron chi connectivity index (χ1n) is 3.87.